The van der Waals surface area contributed by atoms with Gasteiger partial charge in [0, 0.05) is 28.4 Å². The topological polar surface area (TPSA) is 24.4 Å². The van der Waals surface area contributed by atoms with Crippen molar-refractivity contribution in [2.24, 2.45) is 10.9 Å². The van der Waals surface area contributed by atoms with Crippen molar-refractivity contribution in [1.29, 1.82) is 0 Å². The summed E-state index contributed by atoms with van der Waals surface area (Å²) in [6.07, 6.45) is 2.51. The molecule has 202 valence electrons. The highest BCUT2D eigenvalue weighted by Crippen LogP contribution is 2.43. The van der Waals surface area contributed by atoms with Gasteiger partial charge in [0.2, 0.25) is 0 Å². The fraction of sp³-hybridized carbons (Fsp3) is 0.300. The van der Waals surface area contributed by atoms with E-state index in [1.165, 1.54) is 0 Å². The van der Waals surface area contributed by atoms with Gasteiger partial charge in [-0.05, 0) is 91.3 Å². The molecule has 0 aromatic heterocycles. The molecular formula is C30H30Cl2F4N2. The first-order chi connectivity index (χ1) is 17.8. The number of rotatable bonds is 11. The molecular weight excluding hydrogens is 535 g/mol. The van der Waals surface area contributed by atoms with Gasteiger partial charge >= 0.3 is 6.18 Å². The van der Waals surface area contributed by atoms with E-state index in [2.05, 4.69) is 23.5 Å². The number of aliphatic imine (C=N–C) groups is 1. The molecule has 0 saturated heterocycles. The Morgan fingerprint density at radius 3 is 2.37 bits per heavy atom. The molecule has 3 rings (SSSR count). The van der Waals surface area contributed by atoms with Gasteiger partial charge in [0.05, 0.1) is 11.3 Å². The van der Waals surface area contributed by atoms with Crippen LogP contribution >= 0.6 is 23.2 Å². The molecule has 0 bridgehead atoms. The van der Waals surface area contributed by atoms with E-state index >= 15 is 0 Å². The molecule has 38 heavy (non-hydrogen) atoms. The Labute approximate surface area is 231 Å². The molecule has 0 radical (unpaired) electrons. The zero-order valence-corrected chi connectivity index (χ0v) is 22.8. The van der Waals surface area contributed by atoms with Crippen LogP contribution < -0.4 is 5.32 Å². The van der Waals surface area contributed by atoms with E-state index in [9.17, 15) is 17.6 Å². The number of hydrogen-bond acceptors (Lipinski definition) is 2. The molecule has 1 aliphatic carbocycles. The zero-order valence-electron chi connectivity index (χ0n) is 21.3. The van der Waals surface area contributed by atoms with Crippen LogP contribution in [0.3, 0.4) is 0 Å². The number of nitrogens with one attached hydrogen (secondary N) is 1. The minimum atomic E-state index is -4.76. The third kappa shape index (κ3) is 7.84. The Morgan fingerprint density at radius 1 is 1.11 bits per heavy atom. The van der Waals surface area contributed by atoms with Crippen LogP contribution in [0.4, 0.5) is 17.6 Å². The lowest BCUT2D eigenvalue weighted by molar-refractivity contribution is -0.137. The first-order valence-electron chi connectivity index (χ1n) is 12.2. The van der Waals surface area contributed by atoms with E-state index in [1.807, 2.05) is 6.92 Å². The highest BCUT2D eigenvalue weighted by molar-refractivity contribution is 6.30. The van der Waals surface area contributed by atoms with Gasteiger partial charge in [0.25, 0.3) is 0 Å². The molecule has 8 heteroatoms. The Bertz CT molecular complexity index is 1290. The van der Waals surface area contributed by atoms with Crippen molar-refractivity contribution in [3.8, 4) is 0 Å². The second kappa shape index (κ2) is 12.4. The number of allylic oxidation sites excluding steroid dienone is 5. The standard InChI is InChI=1S/C30H30Cl2F4N2/c1-5-19(2)18-37-28(12-9-20(3)31)29(38-21(4)23-10-11-23,17-22-7-6-8-26(32)13-22)24-14-25(30(34,35)36)16-27(33)15-24/h6-9,12-16,18,23,38H,2,4-5,10-11,17H2,1,3H3/b20-9+,28-12-,37-18?/t29-/m1/s1. The highest BCUT2D eigenvalue weighted by Gasteiger charge is 2.42. The van der Waals surface area contributed by atoms with Crippen LogP contribution in [-0.4, -0.2) is 6.21 Å². The van der Waals surface area contributed by atoms with E-state index in [1.54, 1.807) is 49.6 Å². The molecule has 0 amide bonds. The molecule has 0 spiro atoms. The smallest absolute Gasteiger partial charge is 0.374 e. The predicted octanol–water partition coefficient (Wildman–Crippen LogP) is 9.51. The van der Waals surface area contributed by atoms with E-state index < -0.39 is 23.1 Å². The second-order valence-corrected chi connectivity index (χ2v) is 10.5. The molecule has 2 aromatic rings. The lowest BCUT2D eigenvalue weighted by atomic mass is 9.79. The minimum absolute atomic E-state index is 0.0396. The summed E-state index contributed by atoms with van der Waals surface area (Å²) >= 11 is 12.4. The van der Waals surface area contributed by atoms with Crippen LogP contribution in [0.15, 0.2) is 94.8 Å². The number of nitrogens with zero attached hydrogens (tertiary/aromatic N) is 1. The average molecular weight is 565 g/mol. The molecule has 0 aliphatic heterocycles. The van der Waals surface area contributed by atoms with Gasteiger partial charge in [-0.3, -0.25) is 4.99 Å². The van der Waals surface area contributed by atoms with E-state index in [-0.39, 0.29) is 17.9 Å². The quantitative estimate of drug-likeness (QED) is 0.164. The highest BCUT2D eigenvalue weighted by atomic mass is 35.5. The molecule has 1 saturated carbocycles. The van der Waals surface area contributed by atoms with Crippen molar-refractivity contribution in [2.45, 2.75) is 51.2 Å². The second-order valence-electron chi connectivity index (χ2n) is 9.44. The summed E-state index contributed by atoms with van der Waals surface area (Å²) in [5, 5.41) is 4.28. The van der Waals surface area contributed by atoms with Crippen molar-refractivity contribution in [3.05, 3.63) is 117 Å². The molecule has 2 nitrogen and oxygen atoms in total. The largest absolute Gasteiger partial charge is 0.416 e. The number of hydrogen-bond donors (Lipinski definition) is 1. The zero-order chi connectivity index (χ0) is 28.1. The summed E-state index contributed by atoms with van der Waals surface area (Å²) in [6.45, 7) is 11.7. The van der Waals surface area contributed by atoms with Crippen molar-refractivity contribution in [1.82, 2.24) is 5.32 Å². The van der Waals surface area contributed by atoms with Crippen LogP contribution in [-0.2, 0) is 18.1 Å². The fourth-order valence-electron chi connectivity index (χ4n) is 4.02. The van der Waals surface area contributed by atoms with E-state index in [4.69, 9.17) is 23.2 Å². The molecule has 1 atom stereocenters. The summed E-state index contributed by atoms with van der Waals surface area (Å²) in [4.78, 5) is 4.68. The van der Waals surface area contributed by atoms with Crippen LogP contribution in [0.2, 0.25) is 5.02 Å². The Balaban J connectivity index is 2.39. The van der Waals surface area contributed by atoms with Crippen molar-refractivity contribution in [2.75, 3.05) is 0 Å². The lowest BCUT2D eigenvalue weighted by Crippen LogP contribution is -2.46. The molecule has 1 fully saturated rings. The normalized spacial score (nSPS) is 16.4. The van der Waals surface area contributed by atoms with Crippen molar-refractivity contribution >= 4 is 29.4 Å². The lowest BCUT2D eigenvalue weighted by Gasteiger charge is -2.38. The maximum Gasteiger partial charge on any atom is 0.416 e. The summed E-state index contributed by atoms with van der Waals surface area (Å²) in [5.41, 5.74) is -0.173. The summed E-state index contributed by atoms with van der Waals surface area (Å²) in [5.74, 6) is -0.875. The van der Waals surface area contributed by atoms with Crippen LogP contribution in [0.1, 0.15) is 49.8 Å². The maximum absolute atomic E-state index is 14.9. The molecule has 1 N–H and O–H groups in total. The fourth-order valence-corrected chi connectivity index (χ4v) is 4.30. The van der Waals surface area contributed by atoms with E-state index in [0.29, 0.717) is 45.1 Å². The van der Waals surface area contributed by atoms with Crippen LogP contribution in [0, 0.1) is 11.7 Å². The van der Waals surface area contributed by atoms with E-state index in [0.717, 1.165) is 25.0 Å². The molecule has 2 aromatic carbocycles. The van der Waals surface area contributed by atoms with Gasteiger partial charge in [-0.2, -0.15) is 13.2 Å². The maximum atomic E-state index is 14.9. The van der Waals surface area contributed by atoms with Crippen LogP contribution in [0.5, 0.6) is 0 Å². The predicted molar refractivity (Wildman–Crippen MR) is 149 cm³/mol. The van der Waals surface area contributed by atoms with Gasteiger partial charge in [-0.25, -0.2) is 4.39 Å². The van der Waals surface area contributed by atoms with Gasteiger partial charge in [0.1, 0.15) is 11.4 Å². The van der Waals surface area contributed by atoms with Crippen LogP contribution in [0.25, 0.3) is 0 Å². The molecule has 0 heterocycles. The molecule has 0 unspecified atom stereocenters. The Morgan fingerprint density at radius 2 is 1.79 bits per heavy atom. The number of benzene rings is 2. The van der Waals surface area contributed by atoms with Gasteiger partial charge in [-0.1, -0.05) is 55.4 Å². The average Bonchev–Trinajstić information content (AvgIpc) is 3.68. The first-order valence-corrected chi connectivity index (χ1v) is 13.0. The number of halogens is 6. The molecule has 1 aliphatic rings. The Hall–Kier alpha value is -2.83. The minimum Gasteiger partial charge on any atom is -0.374 e. The van der Waals surface area contributed by atoms with Gasteiger partial charge < -0.3 is 5.32 Å². The summed E-state index contributed by atoms with van der Waals surface area (Å²) in [7, 11) is 0. The SMILES string of the molecule is C=C(C=N/C(=C\C=C(/C)Cl)[C@](Cc1cccc(Cl)c1)(NC(=C)C1CC1)c1cc(F)cc(C(F)(F)F)c1)CC. The monoisotopic (exact) mass is 564 g/mol. The van der Waals surface area contributed by atoms with Gasteiger partial charge in [0.15, 0.2) is 0 Å². The third-order valence-corrected chi connectivity index (χ3v) is 6.63. The third-order valence-electron chi connectivity index (χ3n) is 6.27. The summed E-state index contributed by atoms with van der Waals surface area (Å²) in [6, 6.07) is 9.51. The summed E-state index contributed by atoms with van der Waals surface area (Å²) < 4.78 is 56.5. The number of alkyl halides is 3. The van der Waals surface area contributed by atoms with Crippen molar-refractivity contribution < 1.29 is 17.6 Å². The van der Waals surface area contributed by atoms with Gasteiger partial charge in [-0.15, -0.1) is 0 Å². The first kappa shape index (κ1) is 29.7. The Kier molecular flexibility index (Phi) is 9.66. The van der Waals surface area contributed by atoms with Crippen molar-refractivity contribution in [3.63, 3.8) is 0 Å².